The van der Waals surface area contributed by atoms with Gasteiger partial charge in [-0.3, -0.25) is 4.68 Å². The third-order valence-corrected chi connectivity index (χ3v) is 3.62. The summed E-state index contributed by atoms with van der Waals surface area (Å²) < 4.78 is 7.74. The summed E-state index contributed by atoms with van der Waals surface area (Å²) in [6.45, 7) is 3.81. The van der Waals surface area contributed by atoms with Crippen LogP contribution in [0.3, 0.4) is 0 Å². The first kappa shape index (κ1) is 12.2. The van der Waals surface area contributed by atoms with E-state index in [1.807, 2.05) is 17.9 Å². The van der Waals surface area contributed by atoms with Gasteiger partial charge in [-0.1, -0.05) is 25.1 Å². The van der Waals surface area contributed by atoms with Gasteiger partial charge in [0.2, 0.25) is 0 Å². The van der Waals surface area contributed by atoms with Gasteiger partial charge in [0, 0.05) is 25.2 Å². The Hall–Kier alpha value is -1.81. The minimum atomic E-state index is 0.130. The Labute approximate surface area is 113 Å². The van der Waals surface area contributed by atoms with Crippen LogP contribution in [0.1, 0.15) is 29.8 Å². The van der Waals surface area contributed by atoms with Gasteiger partial charge in [-0.05, 0) is 18.2 Å². The van der Waals surface area contributed by atoms with Crippen LogP contribution in [0.5, 0.6) is 5.75 Å². The highest BCUT2D eigenvalue weighted by molar-refractivity contribution is 5.47. The molecule has 4 heteroatoms. The van der Waals surface area contributed by atoms with Gasteiger partial charge in [-0.15, -0.1) is 0 Å². The zero-order valence-electron chi connectivity index (χ0n) is 11.4. The lowest BCUT2D eigenvalue weighted by Crippen LogP contribution is -2.24. The Balaban J connectivity index is 2.06. The van der Waals surface area contributed by atoms with E-state index in [1.165, 1.54) is 11.1 Å². The second-order valence-corrected chi connectivity index (χ2v) is 4.80. The number of nitrogens with zero attached hydrogens (tertiary/aromatic N) is 2. The quantitative estimate of drug-likeness (QED) is 0.911. The molecule has 1 aliphatic heterocycles. The number of nitrogens with one attached hydrogen (secondary N) is 1. The van der Waals surface area contributed by atoms with Gasteiger partial charge in [-0.2, -0.15) is 5.10 Å². The van der Waals surface area contributed by atoms with Crippen molar-refractivity contribution in [3.8, 4) is 5.75 Å². The van der Waals surface area contributed by atoms with E-state index in [9.17, 15) is 0 Å². The molecular weight excluding hydrogens is 238 g/mol. The van der Waals surface area contributed by atoms with Crippen molar-refractivity contribution in [2.24, 2.45) is 7.05 Å². The van der Waals surface area contributed by atoms with Crippen molar-refractivity contribution in [2.45, 2.75) is 19.4 Å². The van der Waals surface area contributed by atoms with Crippen molar-refractivity contribution in [3.63, 3.8) is 0 Å². The third kappa shape index (κ3) is 2.12. The SMILES string of the molecule is CCNC(c1cccc2c1OCC2)c1ccnn1C. The van der Waals surface area contributed by atoms with E-state index in [0.29, 0.717) is 0 Å². The van der Waals surface area contributed by atoms with Crippen LogP contribution in [0.2, 0.25) is 0 Å². The molecule has 0 aliphatic carbocycles. The summed E-state index contributed by atoms with van der Waals surface area (Å²) in [5.41, 5.74) is 3.67. The van der Waals surface area contributed by atoms with Crippen molar-refractivity contribution >= 4 is 0 Å². The van der Waals surface area contributed by atoms with Crippen LogP contribution >= 0.6 is 0 Å². The molecular formula is C15H19N3O. The molecule has 1 N–H and O–H groups in total. The van der Waals surface area contributed by atoms with Crippen molar-refractivity contribution < 1.29 is 4.74 Å². The smallest absolute Gasteiger partial charge is 0.127 e. The van der Waals surface area contributed by atoms with Gasteiger partial charge < -0.3 is 10.1 Å². The number of fused-ring (bicyclic) bond motifs is 1. The van der Waals surface area contributed by atoms with E-state index in [-0.39, 0.29) is 6.04 Å². The average molecular weight is 257 g/mol. The van der Waals surface area contributed by atoms with Crippen molar-refractivity contribution in [3.05, 3.63) is 47.3 Å². The predicted octanol–water partition coefficient (Wildman–Crippen LogP) is 2.05. The first-order chi connectivity index (χ1) is 9.31. The van der Waals surface area contributed by atoms with Crippen LogP contribution in [-0.4, -0.2) is 22.9 Å². The minimum Gasteiger partial charge on any atom is -0.493 e. The van der Waals surface area contributed by atoms with Gasteiger partial charge in [0.1, 0.15) is 5.75 Å². The fourth-order valence-corrected chi connectivity index (χ4v) is 2.71. The van der Waals surface area contributed by atoms with Crippen LogP contribution in [-0.2, 0) is 13.5 Å². The molecule has 19 heavy (non-hydrogen) atoms. The molecule has 0 saturated heterocycles. The first-order valence-electron chi connectivity index (χ1n) is 6.77. The number of hydrogen-bond donors (Lipinski definition) is 1. The monoisotopic (exact) mass is 257 g/mol. The maximum absolute atomic E-state index is 5.83. The van der Waals surface area contributed by atoms with Gasteiger partial charge in [-0.25, -0.2) is 0 Å². The first-order valence-corrected chi connectivity index (χ1v) is 6.77. The lowest BCUT2D eigenvalue weighted by atomic mass is 9.99. The zero-order chi connectivity index (χ0) is 13.2. The number of rotatable bonds is 4. The third-order valence-electron chi connectivity index (χ3n) is 3.62. The average Bonchev–Trinajstić information content (AvgIpc) is 3.04. The Morgan fingerprint density at radius 1 is 1.42 bits per heavy atom. The molecule has 3 rings (SSSR count). The topological polar surface area (TPSA) is 39.1 Å². The van der Waals surface area contributed by atoms with Crippen LogP contribution in [0.4, 0.5) is 0 Å². The Morgan fingerprint density at radius 3 is 3.05 bits per heavy atom. The molecule has 0 fully saturated rings. The molecule has 1 aromatic carbocycles. The number of hydrogen-bond acceptors (Lipinski definition) is 3. The fraction of sp³-hybridized carbons (Fsp3) is 0.400. The van der Waals surface area contributed by atoms with Crippen LogP contribution in [0.15, 0.2) is 30.5 Å². The molecule has 1 atom stereocenters. The molecule has 2 heterocycles. The second kappa shape index (κ2) is 5.05. The Morgan fingerprint density at radius 2 is 2.32 bits per heavy atom. The number of ether oxygens (including phenoxy) is 1. The molecule has 0 spiro atoms. The van der Waals surface area contributed by atoms with Crippen LogP contribution in [0.25, 0.3) is 0 Å². The molecule has 2 aromatic rings. The molecule has 0 bridgehead atoms. The molecule has 0 amide bonds. The van der Waals surface area contributed by atoms with Crippen molar-refractivity contribution in [2.75, 3.05) is 13.2 Å². The fourth-order valence-electron chi connectivity index (χ4n) is 2.71. The van der Waals surface area contributed by atoms with Gasteiger partial charge in [0.15, 0.2) is 0 Å². The zero-order valence-corrected chi connectivity index (χ0v) is 11.4. The van der Waals surface area contributed by atoms with E-state index in [1.54, 1.807) is 0 Å². The largest absolute Gasteiger partial charge is 0.493 e. The summed E-state index contributed by atoms with van der Waals surface area (Å²) in [6.07, 6.45) is 2.84. The Kier molecular flexibility index (Phi) is 3.25. The lowest BCUT2D eigenvalue weighted by molar-refractivity contribution is 0.350. The molecule has 4 nitrogen and oxygen atoms in total. The van der Waals surface area contributed by atoms with Gasteiger partial charge in [0.05, 0.1) is 18.3 Å². The number of benzene rings is 1. The number of para-hydroxylation sites is 1. The van der Waals surface area contributed by atoms with Gasteiger partial charge in [0.25, 0.3) is 0 Å². The van der Waals surface area contributed by atoms with E-state index in [2.05, 4.69) is 41.6 Å². The van der Waals surface area contributed by atoms with E-state index < -0.39 is 0 Å². The normalized spacial score (nSPS) is 15.1. The molecule has 100 valence electrons. The van der Waals surface area contributed by atoms with E-state index >= 15 is 0 Å². The number of aromatic nitrogens is 2. The molecule has 1 aromatic heterocycles. The lowest BCUT2D eigenvalue weighted by Gasteiger charge is -2.21. The molecule has 1 aliphatic rings. The van der Waals surface area contributed by atoms with E-state index in [4.69, 9.17) is 4.74 Å². The van der Waals surface area contributed by atoms with Crippen LogP contribution < -0.4 is 10.1 Å². The summed E-state index contributed by atoms with van der Waals surface area (Å²) in [4.78, 5) is 0. The summed E-state index contributed by atoms with van der Waals surface area (Å²) in [7, 11) is 1.98. The predicted molar refractivity (Wildman–Crippen MR) is 74.4 cm³/mol. The second-order valence-electron chi connectivity index (χ2n) is 4.80. The summed E-state index contributed by atoms with van der Waals surface area (Å²) in [5, 5.41) is 7.81. The summed E-state index contributed by atoms with van der Waals surface area (Å²) >= 11 is 0. The highest BCUT2D eigenvalue weighted by Crippen LogP contribution is 2.35. The van der Waals surface area contributed by atoms with E-state index in [0.717, 1.165) is 31.0 Å². The minimum absolute atomic E-state index is 0.130. The Bertz CT molecular complexity index is 577. The van der Waals surface area contributed by atoms with Crippen molar-refractivity contribution in [1.82, 2.24) is 15.1 Å². The molecule has 0 saturated carbocycles. The van der Waals surface area contributed by atoms with Gasteiger partial charge >= 0.3 is 0 Å². The maximum Gasteiger partial charge on any atom is 0.127 e. The summed E-state index contributed by atoms with van der Waals surface area (Å²) in [5.74, 6) is 1.05. The number of aryl methyl sites for hydroxylation is 1. The molecule has 1 unspecified atom stereocenters. The highest BCUT2D eigenvalue weighted by atomic mass is 16.5. The summed E-state index contributed by atoms with van der Waals surface area (Å²) in [6, 6.07) is 8.60. The van der Waals surface area contributed by atoms with Crippen LogP contribution in [0, 0.1) is 0 Å². The van der Waals surface area contributed by atoms with Crippen molar-refractivity contribution in [1.29, 1.82) is 0 Å². The highest BCUT2D eigenvalue weighted by Gasteiger charge is 2.24. The maximum atomic E-state index is 5.83. The standard InChI is InChI=1S/C15H19N3O/c1-3-16-14(13-7-9-17-18(13)2)12-6-4-5-11-8-10-19-15(11)12/h4-7,9,14,16H,3,8,10H2,1-2H3. The molecule has 0 radical (unpaired) electrons.